The smallest absolute Gasteiger partial charge is 0.296 e. The third kappa shape index (κ3) is 2.10. The minimum absolute atomic E-state index is 0. The van der Waals surface area contributed by atoms with Crippen molar-refractivity contribution in [3.8, 4) is 0 Å². The number of aromatic nitrogens is 1. The molecule has 1 heterocycles. The van der Waals surface area contributed by atoms with Crippen molar-refractivity contribution in [2.45, 2.75) is 0 Å². The third-order valence-corrected chi connectivity index (χ3v) is 0.726. The first-order chi connectivity index (χ1) is 3.39. The summed E-state index contributed by atoms with van der Waals surface area (Å²) in [6, 6.07) is 5.64. The molecule has 0 aliphatic heterocycles. The molecule has 0 aliphatic carbocycles. The first-order valence-electron chi connectivity index (χ1n) is 2.12. The molecule has 1 nitrogen and oxygen atoms in total. The van der Waals surface area contributed by atoms with Gasteiger partial charge >= 0.3 is 20.1 Å². The fourth-order valence-electron chi connectivity index (χ4n) is 0.398. The summed E-state index contributed by atoms with van der Waals surface area (Å²) in [5, 5.41) is 0. The van der Waals surface area contributed by atoms with E-state index in [4.69, 9.17) is 0 Å². The van der Waals surface area contributed by atoms with Crippen LogP contribution in [0.3, 0.4) is 0 Å². The molecular weight excluding hydrogens is 278 g/mol. The van der Waals surface area contributed by atoms with Gasteiger partial charge in [-0.1, -0.05) is 6.07 Å². The van der Waals surface area contributed by atoms with Crippen molar-refractivity contribution >= 4 is 0 Å². The van der Waals surface area contributed by atoms with Crippen LogP contribution in [0.4, 0.5) is 0 Å². The minimum atomic E-state index is 0. The summed E-state index contributed by atoms with van der Waals surface area (Å²) in [6.07, 6.45) is 1.72. The first kappa shape index (κ1) is 7.67. The quantitative estimate of drug-likeness (QED) is 0.654. The Bertz CT molecular complexity index is 138. The van der Waals surface area contributed by atoms with Gasteiger partial charge in [0.25, 0.3) is 0 Å². The largest absolute Gasteiger partial charge is 3.00 e. The maximum Gasteiger partial charge on any atom is 3.00 e. The topological polar surface area (TPSA) is 12.9 Å². The van der Waals surface area contributed by atoms with E-state index in [1.165, 1.54) is 0 Å². The normalized spacial score (nSPS) is 7.50. The van der Waals surface area contributed by atoms with Gasteiger partial charge in [0.2, 0.25) is 0 Å². The van der Waals surface area contributed by atoms with E-state index < -0.39 is 0 Å². The molecular formula is C6H6IrN+2. The summed E-state index contributed by atoms with van der Waals surface area (Å²) in [4.78, 5) is 3.87. The van der Waals surface area contributed by atoms with E-state index in [9.17, 15) is 0 Å². The molecule has 0 spiro atoms. The van der Waals surface area contributed by atoms with Gasteiger partial charge in [-0.05, 0) is 0 Å². The second-order valence-corrected chi connectivity index (χ2v) is 1.32. The molecule has 0 N–H and O–H groups in total. The van der Waals surface area contributed by atoms with Crippen molar-refractivity contribution in [2.75, 3.05) is 0 Å². The minimum Gasteiger partial charge on any atom is -0.296 e. The molecule has 0 fully saturated rings. The Morgan fingerprint density at radius 2 is 2.12 bits per heavy atom. The second kappa shape index (κ2) is 3.64. The van der Waals surface area contributed by atoms with Gasteiger partial charge in [-0.2, -0.15) is 6.07 Å². The maximum absolute atomic E-state index is 3.87. The summed E-state index contributed by atoms with van der Waals surface area (Å²) in [6.45, 7) is 3.61. The van der Waals surface area contributed by atoms with Crippen molar-refractivity contribution in [3.63, 3.8) is 0 Å². The molecule has 1 aromatic rings. The number of nitrogens with zero attached hydrogens (tertiary/aromatic N) is 1. The first-order valence-corrected chi connectivity index (χ1v) is 2.12. The molecule has 2 heteroatoms. The van der Waals surface area contributed by atoms with Gasteiger partial charge in [0, 0.05) is 6.20 Å². The van der Waals surface area contributed by atoms with E-state index in [-0.39, 0.29) is 20.1 Å². The van der Waals surface area contributed by atoms with Crippen molar-refractivity contribution in [1.82, 2.24) is 4.98 Å². The molecule has 0 aromatic carbocycles. The van der Waals surface area contributed by atoms with Crippen LogP contribution < -0.4 is 0 Å². The predicted molar refractivity (Wildman–Crippen MR) is 28.7 cm³/mol. The fourth-order valence-corrected chi connectivity index (χ4v) is 0.398. The van der Waals surface area contributed by atoms with Crippen molar-refractivity contribution in [2.24, 2.45) is 0 Å². The van der Waals surface area contributed by atoms with Gasteiger partial charge in [0.05, 0.1) is 0 Å². The van der Waals surface area contributed by atoms with Gasteiger partial charge < -0.3 is 0 Å². The van der Waals surface area contributed by atoms with Crippen LogP contribution in [0.1, 0.15) is 5.69 Å². The van der Waals surface area contributed by atoms with Crippen LogP contribution in [-0.4, -0.2) is 4.98 Å². The fraction of sp³-hybridized carbons (Fsp3) is 0. The average molecular weight is 284 g/mol. The van der Waals surface area contributed by atoms with Crippen LogP contribution in [0.5, 0.6) is 0 Å². The Labute approximate surface area is 62.5 Å². The van der Waals surface area contributed by atoms with E-state index in [1.54, 1.807) is 6.20 Å². The summed E-state index contributed by atoms with van der Waals surface area (Å²) in [7, 11) is 0. The summed E-state index contributed by atoms with van der Waals surface area (Å²) >= 11 is 0. The second-order valence-electron chi connectivity index (χ2n) is 1.32. The van der Waals surface area contributed by atoms with E-state index in [2.05, 4.69) is 11.9 Å². The van der Waals surface area contributed by atoms with Crippen LogP contribution in [0.2, 0.25) is 0 Å². The molecule has 1 rings (SSSR count). The number of hydrogen-bond acceptors (Lipinski definition) is 1. The summed E-state index contributed by atoms with van der Waals surface area (Å²) in [5.41, 5.74) is 0.822. The molecule has 0 radical (unpaired) electrons. The van der Waals surface area contributed by atoms with Gasteiger partial charge in [0.1, 0.15) is 0 Å². The van der Waals surface area contributed by atoms with E-state index in [0.29, 0.717) is 0 Å². The van der Waals surface area contributed by atoms with Crippen LogP contribution >= 0.6 is 0 Å². The van der Waals surface area contributed by atoms with Gasteiger partial charge in [-0.3, -0.25) is 4.98 Å². The van der Waals surface area contributed by atoms with Crippen LogP contribution in [-0.2, 0) is 20.1 Å². The Kier molecular flexibility index (Phi) is 3.49. The average Bonchev–Trinajstić information content (AvgIpc) is 1.69. The zero-order chi connectivity index (χ0) is 5.11. The van der Waals surface area contributed by atoms with Crippen molar-refractivity contribution in [3.05, 3.63) is 37.0 Å². The van der Waals surface area contributed by atoms with E-state index >= 15 is 0 Å². The molecule has 0 bridgehead atoms. The third-order valence-electron chi connectivity index (χ3n) is 0.726. The van der Waals surface area contributed by atoms with Gasteiger partial charge in [-0.15, -0.1) is 11.8 Å². The summed E-state index contributed by atoms with van der Waals surface area (Å²) < 4.78 is 0. The van der Waals surface area contributed by atoms with Crippen LogP contribution in [0.15, 0.2) is 24.4 Å². The number of hydrogen-bond donors (Lipinski definition) is 0. The van der Waals surface area contributed by atoms with Gasteiger partial charge in [0.15, 0.2) is 0 Å². The molecule has 42 valence electrons. The Morgan fingerprint density at radius 3 is 2.38 bits per heavy atom. The number of rotatable bonds is 0. The van der Waals surface area contributed by atoms with Crippen molar-refractivity contribution < 1.29 is 20.1 Å². The summed E-state index contributed by atoms with van der Waals surface area (Å²) in [5.74, 6) is 0. The molecule has 0 saturated carbocycles. The maximum atomic E-state index is 3.87. The van der Waals surface area contributed by atoms with E-state index in [0.717, 1.165) is 5.69 Å². The Hall–Kier alpha value is -0.331. The zero-order valence-electron chi connectivity index (χ0n) is 4.30. The molecule has 0 amide bonds. The van der Waals surface area contributed by atoms with Crippen LogP contribution in [0, 0.1) is 6.92 Å². The monoisotopic (exact) mass is 285 g/mol. The standard InChI is InChI=1S/C6H6N.Ir/c1-6-4-2-3-5-7-6;/h2-5H,1H2;/q-1;+3. The zero-order valence-corrected chi connectivity index (χ0v) is 6.69. The SMILES string of the molecule is [CH2-]c1ccccn1.[Ir+3]. The molecule has 0 unspecified atom stereocenters. The molecule has 0 atom stereocenters. The molecule has 0 aliphatic rings. The van der Waals surface area contributed by atoms with Crippen LogP contribution in [0.25, 0.3) is 0 Å². The predicted octanol–water partition coefficient (Wildman–Crippen LogP) is 1.26. The Balaban J connectivity index is 0.000000490. The van der Waals surface area contributed by atoms with Gasteiger partial charge in [-0.25, -0.2) is 6.92 Å². The molecule has 0 saturated heterocycles. The Morgan fingerprint density at radius 1 is 1.38 bits per heavy atom. The van der Waals surface area contributed by atoms with E-state index in [1.807, 2.05) is 18.2 Å². The molecule has 1 aromatic heterocycles. The number of pyridine rings is 1. The van der Waals surface area contributed by atoms with Crippen molar-refractivity contribution in [1.29, 1.82) is 0 Å². The molecule has 8 heavy (non-hydrogen) atoms.